The van der Waals surface area contributed by atoms with E-state index in [9.17, 15) is 24.1 Å². The Kier molecular flexibility index (Phi) is 6.50. The molecule has 1 aliphatic rings. The number of nitro groups is 1. The van der Waals surface area contributed by atoms with E-state index in [1.165, 1.54) is 42.5 Å². The molecular formula is C20H21FN4O4. The molecule has 1 aliphatic heterocycles. The molecule has 0 aromatic heterocycles. The first-order valence-corrected chi connectivity index (χ1v) is 9.24. The Morgan fingerprint density at radius 1 is 1.03 bits per heavy atom. The zero-order valence-corrected chi connectivity index (χ0v) is 15.7. The van der Waals surface area contributed by atoms with Gasteiger partial charge in [0.25, 0.3) is 17.5 Å². The second kappa shape index (κ2) is 9.24. The van der Waals surface area contributed by atoms with Crippen molar-refractivity contribution in [2.24, 2.45) is 0 Å². The molecule has 8 nitrogen and oxygen atoms in total. The minimum absolute atomic E-state index is 0.0949. The number of nitrogens with zero attached hydrogens (tertiary/aromatic N) is 3. The molecule has 1 fully saturated rings. The molecule has 0 saturated carbocycles. The topological polar surface area (TPSA) is 95.8 Å². The lowest BCUT2D eigenvalue weighted by molar-refractivity contribution is -0.385. The number of nitro benzene ring substituents is 1. The van der Waals surface area contributed by atoms with Crippen LogP contribution in [0.1, 0.15) is 20.7 Å². The average molecular weight is 400 g/mol. The first-order valence-electron chi connectivity index (χ1n) is 9.24. The molecule has 0 atom stereocenters. The third-order valence-electron chi connectivity index (χ3n) is 4.81. The van der Waals surface area contributed by atoms with Crippen molar-refractivity contribution in [1.29, 1.82) is 0 Å². The van der Waals surface area contributed by atoms with Gasteiger partial charge >= 0.3 is 0 Å². The van der Waals surface area contributed by atoms with Crippen molar-refractivity contribution in [1.82, 2.24) is 15.1 Å². The number of piperazine rings is 1. The summed E-state index contributed by atoms with van der Waals surface area (Å²) in [4.78, 5) is 38.9. The number of hydrogen-bond acceptors (Lipinski definition) is 5. The zero-order valence-electron chi connectivity index (χ0n) is 15.7. The zero-order chi connectivity index (χ0) is 20.8. The summed E-state index contributed by atoms with van der Waals surface area (Å²) in [5.74, 6) is -1.01. The summed E-state index contributed by atoms with van der Waals surface area (Å²) in [6, 6.07) is 11.3. The molecule has 0 unspecified atom stereocenters. The van der Waals surface area contributed by atoms with E-state index < -0.39 is 10.7 Å². The summed E-state index contributed by atoms with van der Waals surface area (Å²) < 4.78 is 12.9. The second-order valence-corrected chi connectivity index (χ2v) is 6.67. The van der Waals surface area contributed by atoms with Crippen molar-refractivity contribution in [3.63, 3.8) is 0 Å². The van der Waals surface area contributed by atoms with Crippen molar-refractivity contribution in [3.8, 4) is 0 Å². The predicted octanol–water partition coefficient (Wildman–Crippen LogP) is 1.92. The Morgan fingerprint density at radius 3 is 2.34 bits per heavy atom. The minimum atomic E-state index is -0.548. The molecule has 29 heavy (non-hydrogen) atoms. The lowest BCUT2D eigenvalue weighted by Crippen LogP contribution is -2.50. The Hall–Kier alpha value is -3.33. The van der Waals surface area contributed by atoms with Crippen LogP contribution < -0.4 is 5.32 Å². The molecule has 3 rings (SSSR count). The lowest BCUT2D eigenvalue weighted by Gasteiger charge is -2.34. The number of rotatable bonds is 6. The first-order chi connectivity index (χ1) is 14.0. The Bertz CT molecular complexity index is 896. The van der Waals surface area contributed by atoms with Crippen molar-refractivity contribution in [2.75, 3.05) is 39.3 Å². The van der Waals surface area contributed by atoms with Crippen LogP contribution in [0.5, 0.6) is 0 Å². The van der Waals surface area contributed by atoms with Gasteiger partial charge in [-0.2, -0.15) is 0 Å². The predicted molar refractivity (Wildman–Crippen MR) is 104 cm³/mol. The van der Waals surface area contributed by atoms with E-state index in [1.807, 2.05) is 0 Å². The van der Waals surface area contributed by atoms with Crippen LogP contribution in [0, 0.1) is 15.9 Å². The summed E-state index contributed by atoms with van der Waals surface area (Å²) in [5, 5.41) is 13.9. The maximum Gasteiger partial charge on any atom is 0.282 e. The first kappa shape index (κ1) is 20.4. The van der Waals surface area contributed by atoms with Crippen LogP contribution in [0.15, 0.2) is 48.5 Å². The Morgan fingerprint density at radius 2 is 1.69 bits per heavy atom. The number of para-hydroxylation sites is 1. The van der Waals surface area contributed by atoms with Crippen LogP contribution in [-0.4, -0.2) is 65.8 Å². The number of hydrogen-bond donors (Lipinski definition) is 1. The number of nitrogens with one attached hydrogen (secondary N) is 1. The minimum Gasteiger partial charge on any atom is -0.351 e. The highest BCUT2D eigenvalue weighted by Crippen LogP contribution is 2.20. The van der Waals surface area contributed by atoms with E-state index >= 15 is 0 Å². The molecule has 1 heterocycles. The summed E-state index contributed by atoms with van der Waals surface area (Å²) in [5.41, 5.74) is 0.298. The lowest BCUT2D eigenvalue weighted by atomic mass is 10.1. The molecule has 0 radical (unpaired) electrons. The largest absolute Gasteiger partial charge is 0.351 e. The van der Waals surface area contributed by atoms with Crippen molar-refractivity contribution >= 4 is 17.5 Å². The van der Waals surface area contributed by atoms with Crippen molar-refractivity contribution in [3.05, 3.63) is 75.6 Å². The SMILES string of the molecule is O=C(NCCN1CCN(C(=O)c2ccccc2[N+](=O)[O-])CC1)c1ccc(F)cc1. The van der Waals surface area contributed by atoms with Crippen LogP contribution in [-0.2, 0) is 0 Å². The monoisotopic (exact) mass is 400 g/mol. The molecule has 2 aromatic rings. The van der Waals surface area contributed by atoms with Crippen molar-refractivity contribution < 1.29 is 18.9 Å². The van der Waals surface area contributed by atoms with E-state index in [-0.39, 0.29) is 23.1 Å². The highest BCUT2D eigenvalue weighted by atomic mass is 19.1. The van der Waals surface area contributed by atoms with E-state index in [2.05, 4.69) is 10.2 Å². The van der Waals surface area contributed by atoms with Crippen LogP contribution in [0.3, 0.4) is 0 Å². The van der Waals surface area contributed by atoms with Crippen molar-refractivity contribution in [2.45, 2.75) is 0 Å². The maximum atomic E-state index is 12.9. The quantitative estimate of drug-likeness (QED) is 0.590. The van der Waals surface area contributed by atoms with Crippen LogP contribution in [0.4, 0.5) is 10.1 Å². The summed E-state index contributed by atoms with van der Waals surface area (Å²) in [7, 11) is 0. The number of benzene rings is 2. The molecule has 0 spiro atoms. The van der Waals surface area contributed by atoms with Gasteiger partial charge in [-0.15, -0.1) is 0 Å². The van der Waals surface area contributed by atoms with Gasteiger partial charge in [0.15, 0.2) is 0 Å². The second-order valence-electron chi connectivity index (χ2n) is 6.67. The molecular weight excluding hydrogens is 379 g/mol. The average Bonchev–Trinajstić information content (AvgIpc) is 2.74. The van der Waals surface area contributed by atoms with E-state index in [0.29, 0.717) is 44.8 Å². The summed E-state index contributed by atoms with van der Waals surface area (Å²) in [6.45, 7) is 3.17. The Labute approximate surface area is 167 Å². The fourth-order valence-corrected chi connectivity index (χ4v) is 3.19. The number of amides is 2. The van der Waals surface area contributed by atoms with E-state index in [1.54, 1.807) is 11.0 Å². The fourth-order valence-electron chi connectivity index (χ4n) is 3.19. The third kappa shape index (κ3) is 5.14. The van der Waals surface area contributed by atoms with E-state index in [4.69, 9.17) is 0 Å². The van der Waals surface area contributed by atoms with E-state index in [0.717, 1.165) is 0 Å². The standard InChI is InChI=1S/C20H21FN4O4/c21-16-7-5-15(6-8-16)19(26)22-9-10-23-11-13-24(14-12-23)20(27)17-3-1-2-4-18(17)25(28)29/h1-8H,9-14H2,(H,22,26). The summed E-state index contributed by atoms with van der Waals surface area (Å²) >= 11 is 0. The summed E-state index contributed by atoms with van der Waals surface area (Å²) in [6.07, 6.45) is 0. The molecule has 152 valence electrons. The highest BCUT2D eigenvalue weighted by Gasteiger charge is 2.27. The number of carbonyl (C=O) groups is 2. The third-order valence-corrected chi connectivity index (χ3v) is 4.81. The fraction of sp³-hybridized carbons (Fsp3) is 0.300. The van der Waals surface area contributed by atoms with Gasteiger partial charge in [-0.1, -0.05) is 12.1 Å². The molecule has 1 N–H and O–H groups in total. The van der Waals surface area contributed by atoms with Gasteiger partial charge < -0.3 is 10.2 Å². The van der Waals surface area contributed by atoms with Gasteiger partial charge in [0, 0.05) is 50.9 Å². The van der Waals surface area contributed by atoms with Gasteiger partial charge in [-0.05, 0) is 30.3 Å². The smallest absolute Gasteiger partial charge is 0.282 e. The molecule has 2 amide bonds. The Balaban J connectivity index is 1.46. The molecule has 9 heteroatoms. The van der Waals surface area contributed by atoms with Gasteiger partial charge in [-0.25, -0.2) is 4.39 Å². The molecule has 0 bridgehead atoms. The normalized spacial score (nSPS) is 14.4. The maximum absolute atomic E-state index is 12.9. The van der Waals surface area contributed by atoms with Gasteiger partial charge in [0.1, 0.15) is 11.4 Å². The molecule has 1 saturated heterocycles. The van der Waals surface area contributed by atoms with Crippen LogP contribution in [0.25, 0.3) is 0 Å². The molecule has 0 aliphatic carbocycles. The highest BCUT2D eigenvalue weighted by molar-refractivity contribution is 5.98. The van der Waals surface area contributed by atoms with Crippen LogP contribution >= 0.6 is 0 Å². The van der Waals surface area contributed by atoms with Gasteiger partial charge in [0.2, 0.25) is 0 Å². The molecule has 2 aromatic carbocycles. The number of carbonyl (C=O) groups excluding carboxylic acids is 2. The number of halogens is 1. The van der Waals surface area contributed by atoms with Gasteiger partial charge in [0.05, 0.1) is 4.92 Å². The van der Waals surface area contributed by atoms with Gasteiger partial charge in [-0.3, -0.25) is 24.6 Å². The van der Waals surface area contributed by atoms with Crippen LogP contribution in [0.2, 0.25) is 0 Å².